The number of hydrogen-bond acceptors (Lipinski definition) is 2. The molecule has 2 rings (SSSR count). The Morgan fingerprint density at radius 2 is 2.17 bits per heavy atom. The number of nitrogens with one attached hydrogen (secondary N) is 1. The van der Waals surface area contributed by atoms with Crippen LogP contribution in [0.1, 0.15) is 33.1 Å². The molecule has 0 unspecified atom stereocenters. The molecule has 1 atom stereocenters. The first-order valence-corrected chi connectivity index (χ1v) is 5.03. The van der Waals surface area contributed by atoms with Crippen LogP contribution in [0.2, 0.25) is 0 Å². The largest absolute Gasteiger partial charge is 0.375 e. The maximum absolute atomic E-state index is 5.67. The third-order valence-corrected chi connectivity index (χ3v) is 2.76. The first kappa shape index (κ1) is 8.52. The molecular weight excluding hydrogens is 150 g/mol. The smallest absolute Gasteiger partial charge is 0.0630 e. The van der Waals surface area contributed by atoms with Crippen molar-refractivity contribution in [1.29, 1.82) is 0 Å². The molecule has 1 saturated heterocycles. The summed E-state index contributed by atoms with van der Waals surface area (Å²) in [5, 5.41) is 3.56. The van der Waals surface area contributed by atoms with E-state index in [1.54, 1.807) is 0 Å². The highest BCUT2D eigenvalue weighted by atomic mass is 16.5. The molecule has 0 amide bonds. The Labute approximate surface area is 74.7 Å². The van der Waals surface area contributed by atoms with Crippen LogP contribution in [0.5, 0.6) is 0 Å². The minimum atomic E-state index is 0.135. The summed E-state index contributed by atoms with van der Waals surface area (Å²) in [4.78, 5) is 0. The monoisotopic (exact) mass is 169 g/mol. The highest BCUT2D eigenvalue weighted by molar-refractivity contribution is 4.86. The van der Waals surface area contributed by atoms with Crippen molar-refractivity contribution in [2.45, 2.75) is 44.8 Å². The molecule has 1 aliphatic heterocycles. The second-order valence-corrected chi connectivity index (χ2v) is 4.82. The second-order valence-electron chi connectivity index (χ2n) is 4.82. The van der Waals surface area contributed by atoms with Gasteiger partial charge in [0.2, 0.25) is 0 Å². The Bertz CT molecular complexity index is 163. The first-order chi connectivity index (χ1) is 5.66. The normalized spacial score (nSPS) is 34.0. The van der Waals surface area contributed by atoms with Gasteiger partial charge in [-0.2, -0.15) is 0 Å². The van der Waals surface area contributed by atoms with E-state index >= 15 is 0 Å². The molecule has 1 N–H and O–H groups in total. The van der Waals surface area contributed by atoms with Crippen LogP contribution < -0.4 is 5.32 Å². The Hall–Kier alpha value is -0.0800. The Morgan fingerprint density at radius 3 is 2.67 bits per heavy atom. The van der Waals surface area contributed by atoms with Gasteiger partial charge in [0, 0.05) is 12.6 Å². The zero-order chi connectivity index (χ0) is 8.60. The van der Waals surface area contributed by atoms with Gasteiger partial charge in [-0.25, -0.2) is 0 Å². The fourth-order valence-electron chi connectivity index (χ4n) is 1.91. The van der Waals surface area contributed by atoms with Crippen LogP contribution in [0, 0.1) is 5.92 Å². The van der Waals surface area contributed by atoms with Crippen molar-refractivity contribution in [3.05, 3.63) is 0 Å². The lowest BCUT2D eigenvalue weighted by molar-refractivity contribution is 0.0350. The summed E-state index contributed by atoms with van der Waals surface area (Å²) < 4.78 is 5.67. The predicted octanol–water partition coefficient (Wildman–Crippen LogP) is 1.55. The Kier molecular flexibility index (Phi) is 2.13. The van der Waals surface area contributed by atoms with Crippen LogP contribution in [-0.4, -0.2) is 24.8 Å². The van der Waals surface area contributed by atoms with Gasteiger partial charge in [-0.3, -0.25) is 0 Å². The topological polar surface area (TPSA) is 21.3 Å². The average Bonchev–Trinajstić information content (AvgIpc) is 2.74. The van der Waals surface area contributed by atoms with E-state index in [1.165, 1.54) is 19.3 Å². The van der Waals surface area contributed by atoms with Crippen molar-refractivity contribution in [3.63, 3.8) is 0 Å². The highest BCUT2D eigenvalue weighted by Gasteiger charge is 2.32. The zero-order valence-electron chi connectivity index (χ0n) is 8.10. The van der Waals surface area contributed by atoms with E-state index in [9.17, 15) is 0 Å². The molecule has 1 heterocycles. The van der Waals surface area contributed by atoms with Crippen LogP contribution in [-0.2, 0) is 4.74 Å². The van der Waals surface area contributed by atoms with Gasteiger partial charge in [0.1, 0.15) is 0 Å². The van der Waals surface area contributed by atoms with E-state index in [4.69, 9.17) is 4.74 Å². The molecule has 2 aliphatic rings. The van der Waals surface area contributed by atoms with Crippen molar-refractivity contribution in [1.82, 2.24) is 5.32 Å². The molecular formula is C10H19NO. The Morgan fingerprint density at radius 1 is 1.42 bits per heavy atom. The molecule has 70 valence electrons. The zero-order valence-corrected chi connectivity index (χ0v) is 8.10. The van der Waals surface area contributed by atoms with Gasteiger partial charge >= 0.3 is 0 Å². The summed E-state index contributed by atoms with van der Waals surface area (Å²) in [5.41, 5.74) is 0.135. The molecule has 0 aromatic rings. The fraction of sp³-hybridized carbons (Fsp3) is 1.00. The van der Waals surface area contributed by atoms with Gasteiger partial charge < -0.3 is 10.1 Å². The third kappa shape index (κ3) is 2.20. The Balaban J connectivity index is 1.68. The summed E-state index contributed by atoms with van der Waals surface area (Å²) in [5.74, 6) is 0.751. The van der Waals surface area contributed by atoms with E-state index in [1.807, 2.05) is 0 Å². The maximum atomic E-state index is 5.67. The number of hydrogen-bond donors (Lipinski definition) is 1. The molecule has 2 nitrogen and oxygen atoms in total. The van der Waals surface area contributed by atoms with Crippen LogP contribution >= 0.6 is 0 Å². The molecule has 2 heteroatoms. The SMILES string of the molecule is CC1(C)C[C@@H](CNC2CC2)CO1. The lowest BCUT2D eigenvalue weighted by atomic mass is 9.98. The molecule has 1 aliphatic carbocycles. The van der Waals surface area contributed by atoms with Gasteiger partial charge in [0.25, 0.3) is 0 Å². The summed E-state index contributed by atoms with van der Waals surface area (Å²) in [6.07, 6.45) is 3.99. The van der Waals surface area contributed by atoms with E-state index in [-0.39, 0.29) is 5.60 Å². The minimum Gasteiger partial charge on any atom is -0.375 e. The van der Waals surface area contributed by atoms with Crippen LogP contribution in [0.15, 0.2) is 0 Å². The highest BCUT2D eigenvalue weighted by Crippen LogP contribution is 2.29. The van der Waals surface area contributed by atoms with Crippen molar-refractivity contribution >= 4 is 0 Å². The summed E-state index contributed by atoms with van der Waals surface area (Å²) in [6, 6.07) is 0.841. The van der Waals surface area contributed by atoms with E-state index in [0.717, 1.165) is 25.1 Å². The van der Waals surface area contributed by atoms with Crippen molar-refractivity contribution in [2.24, 2.45) is 5.92 Å². The lowest BCUT2D eigenvalue weighted by Gasteiger charge is -2.15. The first-order valence-electron chi connectivity index (χ1n) is 5.03. The fourth-order valence-corrected chi connectivity index (χ4v) is 1.91. The quantitative estimate of drug-likeness (QED) is 0.692. The van der Waals surface area contributed by atoms with E-state index < -0.39 is 0 Å². The molecule has 0 bridgehead atoms. The van der Waals surface area contributed by atoms with Crippen molar-refractivity contribution in [3.8, 4) is 0 Å². The molecule has 1 saturated carbocycles. The van der Waals surface area contributed by atoms with Crippen molar-refractivity contribution in [2.75, 3.05) is 13.2 Å². The molecule has 0 spiro atoms. The molecule has 0 aromatic heterocycles. The molecule has 2 fully saturated rings. The average molecular weight is 169 g/mol. The van der Waals surface area contributed by atoms with E-state index in [0.29, 0.717) is 0 Å². The van der Waals surface area contributed by atoms with Crippen LogP contribution in [0.3, 0.4) is 0 Å². The lowest BCUT2D eigenvalue weighted by Crippen LogP contribution is -2.25. The van der Waals surface area contributed by atoms with Crippen molar-refractivity contribution < 1.29 is 4.74 Å². The van der Waals surface area contributed by atoms with Gasteiger partial charge in [0.15, 0.2) is 0 Å². The molecule has 0 radical (unpaired) electrons. The van der Waals surface area contributed by atoms with Gasteiger partial charge in [0.05, 0.1) is 12.2 Å². The summed E-state index contributed by atoms with van der Waals surface area (Å²) in [7, 11) is 0. The van der Waals surface area contributed by atoms with Gasteiger partial charge in [-0.05, 0) is 39.0 Å². The summed E-state index contributed by atoms with van der Waals surface area (Å²) in [6.45, 7) is 6.48. The molecule has 12 heavy (non-hydrogen) atoms. The van der Waals surface area contributed by atoms with Gasteiger partial charge in [-0.1, -0.05) is 0 Å². The van der Waals surface area contributed by atoms with Crippen LogP contribution in [0.25, 0.3) is 0 Å². The minimum absolute atomic E-state index is 0.135. The predicted molar refractivity (Wildman–Crippen MR) is 49.2 cm³/mol. The maximum Gasteiger partial charge on any atom is 0.0630 e. The number of ether oxygens (including phenoxy) is 1. The molecule has 0 aromatic carbocycles. The van der Waals surface area contributed by atoms with Crippen LogP contribution in [0.4, 0.5) is 0 Å². The standard InChI is InChI=1S/C10H19NO/c1-10(2)5-8(7-12-10)6-11-9-3-4-9/h8-9,11H,3-7H2,1-2H3/t8-/m0/s1. The number of rotatable bonds is 3. The second kappa shape index (κ2) is 3.00. The summed E-state index contributed by atoms with van der Waals surface area (Å²) >= 11 is 0. The van der Waals surface area contributed by atoms with Gasteiger partial charge in [-0.15, -0.1) is 0 Å². The van der Waals surface area contributed by atoms with E-state index in [2.05, 4.69) is 19.2 Å². The third-order valence-electron chi connectivity index (χ3n) is 2.76.